The average Bonchev–Trinajstić information content (AvgIpc) is 2.48. The number of nitrogens with one attached hydrogen (secondary N) is 1. The van der Waals surface area contributed by atoms with Gasteiger partial charge in [-0.1, -0.05) is 0 Å². The third-order valence-electron chi connectivity index (χ3n) is 3.07. The molecule has 118 valence electrons. The standard InChI is InChI=1S/C16H20FN3O2/c1-11-14(8-9-19-15(11)20-18)21-10-16(2,3)22-13-6-4-12(17)5-7-13/h4-9H,10,18H2,1-3H3,(H,19,20). The molecular weight excluding hydrogens is 285 g/mol. The lowest BCUT2D eigenvalue weighted by Gasteiger charge is -2.27. The van der Waals surface area contributed by atoms with E-state index in [4.69, 9.17) is 15.3 Å². The maximum Gasteiger partial charge on any atom is 0.146 e. The Labute approximate surface area is 129 Å². The van der Waals surface area contributed by atoms with Gasteiger partial charge in [-0.15, -0.1) is 0 Å². The van der Waals surface area contributed by atoms with Gasteiger partial charge in [-0.3, -0.25) is 0 Å². The summed E-state index contributed by atoms with van der Waals surface area (Å²) >= 11 is 0. The Bertz CT molecular complexity index is 630. The summed E-state index contributed by atoms with van der Waals surface area (Å²) in [4.78, 5) is 4.09. The van der Waals surface area contributed by atoms with Crippen molar-refractivity contribution < 1.29 is 13.9 Å². The molecule has 0 saturated carbocycles. The fourth-order valence-electron chi connectivity index (χ4n) is 1.92. The van der Waals surface area contributed by atoms with E-state index in [2.05, 4.69) is 10.4 Å². The van der Waals surface area contributed by atoms with Crippen molar-refractivity contribution in [3.63, 3.8) is 0 Å². The van der Waals surface area contributed by atoms with E-state index in [-0.39, 0.29) is 5.82 Å². The monoisotopic (exact) mass is 305 g/mol. The predicted octanol–water partition coefficient (Wildman–Crippen LogP) is 3.05. The van der Waals surface area contributed by atoms with E-state index in [9.17, 15) is 4.39 Å². The summed E-state index contributed by atoms with van der Waals surface area (Å²) in [5.74, 6) is 6.93. The predicted molar refractivity (Wildman–Crippen MR) is 83.4 cm³/mol. The van der Waals surface area contributed by atoms with Gasteiger partial charge in [0.25, 0.3) is 0 Å². The summed E-state index contributed by atoms with van der Waals surface area (Å²) < 4.78 is 24.5. The lowest BCUT2D eigenvalue weighted by molar-refractivity contribution is 0.0518. The van der Waals surface area contributed by atoms with Crippen LogP contribution in [0.2, 0.25) is 0 Å². The van der Waals surface area contributed by atoms with E-state index < -0.39 is 5.60 Å². The number of pyridine rings is 1. The number of benzene rings is 1. The maximum atomic E-state index is 12.9. The van der Waals surface area contributed by atoms with Gasteiger partial charge in [-0.05, 0) is 51.1 Å². The number of nitrogen functional groups attached to an aromatic ring is 1. The van der Waals surface area contributed by atoms with Crippen molar-refractivity contribution in [2.45, 2.75) is 26.4 Å². The number of hydrogen-bond donors (Lipinski definition) is 2. The van der Waals surface area contributed by atoms with Gasteiger partial charge in [0.05, 0.1) is 0 Å². The van der Waals surface area contributed by atoms with Crippen molar-refractivity contribution in [2.75, 3.05) is 12.0 Å². The van der Waals surface area contributed by atoms with Crippen LogP contribution in [0.25, 0.3) is 0 Å². The fraction of sp³-hybridized carbons (Fsp3) is 0.312. The Morgan fingerprint density at radius 3 is 2.55 bits per heavy atom. The fourth-order valence-corrected chi connectivity index (χ4v) is 1.92. The van der Waals surface area contributed by atoms with Gasteiger partial charge in [0.15, 0.2) is 0 Å². The third kappa shape index (κ3) is 4.08. The first-order valence-corrected chi connectivity index (χ1v) is 6.91. The van der Waals surface area contributed by atoms with E-state index >= 15 is 0 Å². The number of anilines is 1. The van der Waals surface area contributed by atoms with Crippen LogP contribution in [0.15, 0.2) is 36.5 Å². The molecule has 0 aliphatic carbocycles. The minimum absolute atomic E-state index is 0.296. The third-order valence-corrected chi connectivity index (χ3v) is 3.07. The summed E-state index contributed by atoms with van der Waals surface area (Å²) in [6, 6.07) is 7.66. The zero-order chi connectivity index (χ0) is 16.2. The minimum atomic E-state index is -0.580. The Balaban J connectivity index is 2.01. The second-order valence-electron chi connectivity index (χ2n) is 5.53. The van der Waals surface area contributed by atoms with Crippen molar-refractivity contribution in [1.82, 2.24) is 4.98 Å². The van der Waals surface area contributed by atoms with E-state index in [1.54, 1.807) is 24.4 Å². The van der Waals surface area contributed by atoms with E-state index in [0.717, 1.165) is 5.56 Å². The highest BCUT2D eigenvalue weighted by molar-refractivity contribution is 5.49. The van der Waals surface area contributed by atoms with Gasteiger partial charge < -0.3 is 14.9 Å². The second-order valence-corrected chi connectivity index (χ2v) is 5.53. The van der Waals surface area contributed by atoms with Crippen LogP contribution in [0.1, 0.15) is 19.4 Å². The topological polar surface area (TPSA) is 69.4 Å². The van der Waals surface area contributed by atoms with Gasteiger partial charge in [0, 0.05) is 11.8 Å². The van der Waals surface area contributed by atoms with Crippen LogP contribution in [-0.2, 0) is 0 Å². The van der Waals surface area contributed by atoms with E-state index in [1.165, 1.54) is 12.1 Å². The molecule has 5 nitrogen and oxygen atoms in total. The Morgan fingerprint density at radius 1 is 1.23 bits per heavy atom. The summed E-state index contributed by atoms with van der Waals surface area (Å²) in [5, 5.41) is 0. The van der Waals surface area contributed by atoms with Crippen molar-refractivity contribution in [2.24, 2.45) is 5.84 Å². The number of halogens is 1. The molecule has 0 fully saturated rings. The molecule has 0 saturated heterocycles. The molecule has 0 aliphatic rings. The highest BCUT2D eigenvalue weighted by atomic mass is 19.1. The number of aromatic nitrogens is 1. The summed E-state index contributed by atoms with van der Waals surface area (Å²) in [6.07, 6.45) is 1.62. The summed E-state index contributed by atoms with van der Waals surface area (Å²) in [7, 11) is 0. The van der Waals surface area contributed by atoms with Crippen molar-refractivity contribution >= 4 is 5.82 Å². The van der Waals surface area contributed by atoms with Crippen LogP contribution in [0.5, 0.6) is 11.5 Å². The van der Waals surface area contributed by atoms with Crippen LogP contribution >= 0.6 is 0 Å². The molecule has 3 N–H and O–H groups in total. The van der Waals surface area contributed by atoms with Crippen LogP contribution in [0.3, 0.4) is 0 Å². The quantitative estimate of drug-likeness (QED) is 0.634. The lowest BCUT2D eigenvalue weighted by Crippen LogP contribution is -2.35. The van der Waals surface area contributed by atoms with Gasteiger partial charge >= 0.3 is 0 Å². The molecule has 2 aromatic rings. The van der Waals surface area contributed by atoms with E-state index in [0.29, 0.717) is 23.9 Å². The van der Waals surface area contributed by atoms with E-state index in [1.807, 2.05) is 20.8 Å². The molecule has 0 bridgehead atoms. The minimum Gasteiger partial charge on any atom is -0.489 e. The Hall–Kier alpha value is -2.34. The SMILES string of the molecule is Cc1c(OCC(C)(C)Oc2ccc(F)cc2)ccnc1NN. The molecule has 0 spiro atoms. The second kappa shape index (κ2) is 6.62. The first-order valence-electron chi connectivity index (χ1n) is 6.91. The Kier molecular flexibility index (Phi) is 4.82. The largest absolute Gasteiger partial charge is 0.489 e. The summed E-state index contributed by atoms with van der Waals surface area (Å²) in [6.45, 7) is 5.98. The van der Waals surface area contributed by atoms with Crippen molar-refractivity contribution in [1.29, 1.82) is 0 Å². The van der Waals surface area contributed by atoms with Gasteiger partial charge in [-0.2, -0.15) is 0 Å². The number of hydrazine groups is 1. The average molecular weight is 305 g/mol. The molecule has 0 amide bonds. The smallest absolute Gasteiger partial charge is 0.146 e. The Morgan fingerprint density at radius 2 is 1.91 bits per heavy atom. The highest BCUT2D eigenvalue weighted by Crippen LogP contribution is 2.25. The zero-order valence-corrected chi connectivity index (χ0v) is 12.9. The molecule has 0 radical (unpaired) electrons. The number of nitrogens with zero attached hydrogens (tertiary/aromatic N) is 1. The molecule has 2 rings (SSSR count). The van der Waals surface area contributed by atoms with Crippen LogP contribution in [0, 0.1) is 12.7 Å². The van der Waals surface area contributed by atoms with Gasteiger partial charge in [-0.25, -0.2) is 15.2 Å². The summed E-state index contributed by atoms with van der Waals surface area (Å²) in [5.41, 5.74) is 2.76. The molecular formula is C16H20FN3O2. The molecule has 6 heteroatoms. The normalized spacial score (nSPS) is 11.1. The lowest BCUT2D eigenvalue weighted by atomic mass is 10.1. The first kappa shape index (κ1) is 16.0. The maximum absolute atomic E-state index is 12.9. The molecule has 0 atom stereocenters. The van der Waals surface area contributed by atoms with Crippen molar-refractivity contribution in [3.05, 3.63) is 47.9 Å². The van der Waals surface area contributed by atoms with Crippen LogP contribution in [0.4, 0.5) is 10.2 Å². The van der Waals surface area contributed by atoms with Crippen LogP contribution in [-0.4, -0.2) is 17.2 Å². The molecule has 1 heterocycles. The highest BCUT2D eigenvalue weighted by Gasteiger charge is 2.22. The molecule has 0 unspecified atom stereocenters. The first-order chi connectivity index (χ1) is 10.4. The molecule has 1 aromatic carbocycles. The zero-order valence-electron chi connectivity index (χ0n) is 12.9. The number of rotatable bonds is 6. The van der Waals surface area contributed by atoms with Crippen molar-refractivity contribution in [3.8, 4) is 11.5 Å². The molecule has 22 heavy (non-hydrogen) atoms. The number of ether oxygens (including phenoxy) is 2. The van der Waals surface area contributed by atoms with Gasteiger partial charge in [0.2, 0.25) is 0 Å². The van der Waals surface area contributed by atoms with Crippen LogP contribution < -0.4 is 20.7 Å². The molecule has 1 aromatic heterocycles. The number of hydrogen-bond acceptors (Lipinski definition) is 5. The molecule has 0 aliphatic heterocycles. The van der Waals surface area contributed by atoms with Gasteiger partial charge in [0.1, 0.15) is 35.3 Å². The number of nitrogens with two attached hydrogens (primary N) is 1.